The minimum atomic E-state index is -4.77. The average Bonchev–Trinajstić information content (AvgIpc) is 1.21. The van der Waals surface area contributed by atoms with Crippen LogP contribution in [-0.2, 0) is 19.9 Å². The van der Waals surface area contributed by atoms with Crippen LogP contribution in [0.5, 0.6) is 0 Å². The van der Waals surface area contributed by atoms with Gasteiger partial charge in [0.15, 0.2) is 0 Å². The van der Waals surface area contributed by atoms with Crippen LogP contribution in [0.25, 0.3) is 0 Å². The Morgan fingerprint density at radius 3 is 1.89 bits per heavy atom. The predicted molar refractivity (Wildman–Crippen MR) is 25.0 cm³/mol. The van der Waals surface area contributed by atoms with Gasteiger partial charge >= 0.3 is 48.7 Å². The second-order valence-corrected chi connectivity index (χ2v) is 2.79. The van der Waals surface area contributed by atoms with Gasteiger partial charge in [-0.3, -0.25) is 4.55 Å². The van der Waals surface area contributed by atoms with E-state index in [-0.39, 0.29) is 31.0 Å². The molecule has 0 saturated carbocycles. The zero-order valence-corrected chi connectivity index (χ0v) is 8.13. The molecule has 0 aromatic rings. The van der Waals surface area contributed by atoms with Crippen LogP contribution in [-0.4, -0.2) is 18.5 Å². The van der Waals surface area contributed by atoms with Crippen molar-refractivity contribution in [2.75, 3.05) is 0 Å². The first-order valence-electron chi connectivity index (χ1n) is 1.28. The summed E-state index contributed by atoms with van der Waals surface area (Å²) in [5.74, 6) is 0. The fraction of sp³-hybridized carbons (Fsp3) is 0. The van der Waals surface area contributed by atoms with Crippen molar-refractivity contribution in [3.63, 3.8) is 0 Å². The molecule has 0 bridgehead atoms. The molecule has 0 aromatic carbocycles. The van der Waals surface area contributed by atoms with Crippen molar-refractivity contribution in [2.24, 2.45) is 0 Å². The van der Waals surface area contributed by atoms with Crippen molar-refractivity contribution < 1.29 is 58.1 Å². The monoisotopic (exact) mass is 186 g/mol. The van der Waals surface area contributed by atoms with E-state index < -0.39 is 19.2 Å². The standard InChI is InChI=1S/Na.H3O6PS.H/c;1-7(2,3)6-8(4)5;/h;(H,4,5)(H2,1,2,3);/q+1;;-1. The van der Waals surface area contributed by atoms with E-state index in [2.05, 4.69) is 3.97 Å². The van der Waals surface area contributed by atoms with Crippen molar-refractivity contribution >= 4 is 19.2 Å². The summed E-state index contributed by atoms with van der Waals surface area (Å²) in [7, 11) is -4.77. The molecule has 0 spiro atoms. The van der Waals surface area contributed by atoms with E-state index in [0.29, 0.717) is 0 Å². The molecule has 0 aliphatic rings. The third-order valence-electron chi connectivity index (χ3n) is 0.161. The van der Waals surface area contributed by atoms with E-state index >= 15 is 0 Å². The first-order valence-corrected chi connectivity index (χ1v) is 3.84. The van der Waals surface area contributed by atoms with E-state index in [4.69, 9.17) is 14.3 Å². The molecule has 9 heteroatoms. The van der Waals surface area contributed by atoms with Gasteiger partial charge in [-0.05, 0) is 0 Å². The molecule has 1 atom stereocenters. The van der Waals surface area contributed by atoms with E-state index in [0.717, 1.165) is 0 Å². The molecule has 1 unspecified atom stereocenters. The molecule has 0 radical (unpaired) electrons. The van der Waals surface area contributed by atoms with Crippen molar-refractivity contribution in [3.05, 3.63) is 0 Å². The van der Waals surface area contributed by atoms with Crippen LogP contribution in [0.1, 0.15) is 1.43 Å². The van der Waals surface area contributed by atoms with Gasteiger partial charge in [0.1, 0.15) is 0 Å². The summed E-state index contributed by atoms with van der Waals surface area (Å²) in [4.78, 5) is 15.4. The SMILES string of the molecule is O=S(O)OP(=O)(O)O.[H-].[Na+]. The fourth-order valence-electron chi connectivity index (χ4n) is 0.0831. The van der Waals surface area contributed by atoms with Gasteiger partial charge < -0.3 is 11.2 Å². The maximum absolute atomic E-state index is 9.56. The summed E-state index contributed by atoms with van der Waals surface area (Å²) >= 11 is -2.90. The number of hydrogen-bond acceptors (Lipinski definition) is 3. The Kier molecular flexibility index (Phi) is 7.07. The second kappa shape index (κ2) is 4.95. The van der Waals surface area contributed by atoms with Crippen molar-refractivity contribution in [1.29, 1.82) is 0 Å². The minimum absolute atomic E-state index is 0. The maximum atomic E-state index is 9.56. The molecule has 0 heterocycles. The van der Waals surface area contributed by atoms with Gasteiger partial charge in [-0.25, -0.2) is 4.57 Å². The summed E-state index contributed by atoms with van der Waals surface area (Å²) in [6.07, 6.45) is 0. The summed E-state index contributed by atoms with van der Waals surface area (Å²) in [5, 5.41) is 0. The van der Waals surface area contributed by atoms with Gasteiger partial charge in [-0.1, -0.05) is 0 Å². The van der Waals surface area contributed by atoms with Crippen LogP contribution in [0.15, 0.2) is 0 Å². The van der Waals surface area contributed by atoms with Crippen LogP contribution in [0.4, 0.5) is 0 Å². The Labute approximate surface area is 77.1 Å². The third kappa shape index (κ3) is 12.4. The Bertz CT molecular complexity index is 141. The second-order valence-electron chi connectivity index (χ2n) is 0.782. The number of rotatable bonds is 2. The average molecular weight is 186 g/mol. The van der Waals surface area contributed by atoms with Crippen LogP contribution in [0.2, 0.25) is 0 Å². The Morgan fingerprint density at radius 2 is 1.89 bits per heavy atom. The third-order valence-corrected chi connectivity index (χ3v) is 1.45. The number of hydrogen-bond donors (Lipinski definition) is 3. The van der Waals surface area contributed by atoms with Gasteiger partial charge in [0, 0.05) is 0 Å². The van der Waals surface area contributed by atoms with Gasteiger partial charge in [0.25, 0.3) is 0 Å². The Morgan fingerprint density at radius 1 is 1.56 bits per heavy atom. The molecule has 0 fully saturated rings. The quantitative estimate of drug-likeness (QED) is 0.233. The first kappa shape index (κ1) is 12.9. The molecule has 0 aromatic heterocycles. The molecule has 0 rings (SSSR count). The van der Waals surface area contributed by atoms with Crippen molar-refractivity contribution in [3.8, 4) is 0 Å². The normalized spacial score (nSPS) is 14.1. The van der Waals surface area contributed by atoms with E-state index in [1.54, 1.807) is 0 Å². The number of phosphoric acid groups is 1. The van der Waals surface area contributed by atoms with Crippen LogP contribution in [0, 0.1) is 0 Å². The predicted octanol–water partition coefficient (Wildman–Crippen LogP) is -3.65. The molecule has 6 nitrogen and oxygen atoms in total. The van der Waals surface area contributed by atoms with Crippen LogP contribution < -0.4 is 29.6 Å². The molecule has 0 aliphatic carbocycles. The van der Waals surface area contributed by atoms with Crippen molar-refractivity contribution in [1.82, 2.24) is 0 Å². The maximum Gasteiger partial charge on any atom is 1.00 e. The minimum Gasteiger partial charge on any atom is -1.00 e. The van der Waals surface area contributed by atoms with E-state index in [1.807, 2.05) is 0 Å². The molecule has 0 amide bonds. The summed E-state index contributed by atoms with van der Waals surface area (Å²) in [6.45, 7) is 0. The molecule has 52 valence electrons. The summed E-state index contributed by atoms with van der Waals surface area (Å²) in [6, 6.07) is 0. The molecule has 0 saturated heterocycles. The molecular weight excluding hydrogens is 182 g/mol. The van der Waals surface area contributed by atoms with Crippen LogP contribution >= 0.6 is 7.82 Å². The van der Waals surface area contributed by atoms with Gasteiger partial charge in [0.05, 0.1) is 0 Å². The van der Waals surface area contributed by atoms with Gasteiger partial charge in [-0.2, -0.15) is 8.18 Å². The topological polar surface area (TPSA) is 104 Å². The van der Waals surface area contributed by atoms with E-state index in [1.165, 1.54) is 0 Å². The fourth-order valence-corrected chi connectivity index (χ4v) is 0.748. The van der Waals surface area contributed by atoms with Gasteiger partial charge in [-0.15, -0.1) is 0 Å². The van der Waals surface area contributed by atoms with Gasteiger partial charge in [0.2, 0.25) is 0 Å². The first-order chi connectivity index (χ1) is 3.42. The largest absolute Gasteiger partial charge is 1.00 e. The molecule has 9 heavy (non-hydrogen) atoms. The zero-order chi connectivity index (χ0) is 6.78. The zero-order valence-electron chi connectivity index (χ0n) is 5.42. The van der Waals surface area contributed by atoms with Crippen molar-refractivity contribution in [2.45, 2.75) is 0 Å². The molecular formula is H4NaO6PS. The smallest absolute Gasteiger partial charge is 1.00 e. The Balaban J connectivity index is -0.000000245. The van der Waals surface area contributed by atoms with E-state index in [9.17, 15) is 8.77 Å². The van der Waals surface area contributed by atoms with Crippen LogP contribution in [0.3, 0.4) is 0 Å². The summed E-state index contributed by atoms with van der Waals surface area (Å²) < 4.78 is 29.8. The molecule has 3 N–H and O–H groups in total. The summed E-state index contributed by atoms with van der Waals surface area (Å²) in [5.41, 5.74) is 0. The Hall–Kier alpha value is 1.22. The molecule has 0 aliphatic heterocycles.